The van der Waals surface area contributed by atoms with E-state index in [9.17, 15) is 9.59 Å². The minimum Gasteiger partial charge on any atom is -0.328 e. The van der Waals surface area contributed by atoms with Gasteiger partial charge in [-0.25, -0.2) is 4.79 Å². The zero-order valence-electron chi connectivity index (χ0n) is 9.27. The van der Waals surface area contributed by atoms with E-state index < -0.39 is 0 Å². The molecule has 0 saturated heterocycles. The van der Waals surface area contributed by atoms with Crippen molar-refractivity contribution in [1.82, 2.24) is 9.55 Å². The second kappa shape index (κ2) is 3.56. The lowest BCUT2D eigenvalue weighted by Gasteiger charge is -2.26. The molecule has 1 aromatic carbocycles. The molecule has 0 bridgehead atoms. The third-order valence-electron chi connectivity index (χ3n) is 3.43. The summed E-state index contributed by atoms with van der Waals surface area (Å²) in [7, 11) is 0. The summed E-state index contributed by atoms with van der Waals surface area (Å²) in [5.74, 6) is 0. The van der Waals surface area contributed by atoms with E-state index in [4.69, 9.17) is 5.73 Å². The first-order valence-electron chi connectivity index (χ1n) is 5.69. The zero-order chi connectivity index (χ0) is 12.0. The van der Waals surface area contributed by atoms with Crippen LogP contribution in [0, 0.1) is 0 Å². The van der Waals surface area contributed by atoms with E-state index in [1.807, 2.05) is 12.1 Å². The molecule has 1 aliphatic heterocycles. The molecule has 5 heteroatoms. The van der Waals surface area contributed by atoms with Gasteiger partial charge in [0.1, 0.15) is 0 Å². The molecule has 0 spiro atoms. The van der Waals surface area contributed by atoms with Crippen LogP contribution in [-0.4, -0.2) is 16.1 Å². The third-order valence-corrected chi connectivity index (χ3v) is 3.43. The number of H-pyrrole nitrogens is 1. The summed E-state index contributed by atoms with van der Waals surface area (Å²) in [6, 6.07) is 5.54. The molecule has 2 aromatic rings. The predicted octanol–water partition coefficient (Wildman–Crippen LogP) is 0.136. The van der Waals surface area contributed by atoms with Crippen molar-refractivity contribution in [3.05, 3.63) is 44.6 Å². The summed E-state index contributed by atoms with van der Waals surface area (Å²) >= 11 is 0. The molecule has 0 radical (unpaired) electrons. The Morgan fingerprint density at radius 1 is 1.41 bits per heavy atom. The average Bonchev–Trinajstić information content (AvgIpc) is 2.35. The fraction of sp³-hybridized carbons (Fsp3) is 0.333. The van der Waals surface area contributed by atoms with Crippen molar-refractivity contribution in [3.63, 3.8) is 0 Å². The Kier molecular flexibility index (Phi) is 2.16. The van der Waals surface area contributed by atoms with E-state index in [1.54, 1.807) is 10.6 Å². The molecule has 1 atom stereocenters. The molecule has 2 heterocycles. The maximum absolute atomic E-state index is 11.9. The molecule has 0 aliphatic carbocycles. The molecule has 0 amide bonds. The Labute approximate surface area is 96.9 Å². The van der Waals surface area contributed by atoms with E-state index in [-0.39, 0.29) is 17.3 Å². The van der Waals surface area contributed by atoms with Crippen LogP contribution in [-0.2, 0) is 6.42 Å². The molecule has 3 rings (SSSR count). The van der Waals surface area contributed by atoms with Crippen LogP contribution in [0.25, 0.3) is 10.9 Å². The first-order valence-corrected chi connectivity index (χ1v) is 5.69. The van der Waals surface area contributed by atoms with Crippen LogP contribution < -0.4 is 17.0 Å². The number of hydrogen-bond acceptors (Lipinski definition) is 3. The van der Waals surface area contributed by atoms with Crippen LogP contribution in [0.15, 0.2) is 27.8 Å². The molecular weight excluding hydrogens is 218 g/mol. The maximum atomic E-state index is 11.9. The first kappa shape index (κ1) is 10.3. The van der Waals surface area contributed by atoms with Crippen LogP contribution in [0.5, 0.6) is 0 Å². The van der Waals surface area contributed by atoms with Gasteiger partial charge in [0.05, 0.1) is 16.9 Å². The van der Waals surface area contributed by atoms with Crippen molar-refractivity contribution in [2.24, 2.45) is 5.73 Å². The number of aryl methyl sites for hydroxylation is 1. The second-order valence-electron chi connectivity index (χ2n) is 4.37. The molecule has 1 unspecified atom stereocenters. The number of aromatic amines is 1. The first-order chi connectivity index (χ1) is 8.22. The summed E-state index contributed by atoms with van der Waals surface area (Å²) < 4.78 is 1.63. The predicted molar refractivity (Wildman–Crippen MR) is 65.2 cm³/mol. The normalized spacial score (nSPS) is 18.5. The van der Waals surface area contributed by atoms with Gasteiger partial charge in [-0.05, 0) is 24.5 Å². The van der Waals surface area contributed by atoms with Crippen molar-refractivity contribution < 1.29 is 0 Å². The van der Waals surface area contributed by atoms with Crippen molar-refractivity contribution >= 4 is 10.9 Å². The molecule has 3 N–H and O–H groups in total. The maximum Gasteiger partial charge on any atom is 0.329 e. The van der Waals surface area contributed by atoms with Gasteiger partial charge in [0, 0.05) is 6.54 Å². The number of aromatic nitrogens is 2. The Hall–Kier alpha value is -1.88. The van der Waals surface area contributed by atoms with Crippen LogP contribution in [0.3, 0.4) is 0 Å². The second-order valence-corrected chi connectivity index (χ2v) is 4.37. The number of nitrogens with zero attached hydrogens (tertiary/aromatic N) is 1. The summed E-state index contributed by atoms with van der Waals surface area (Å²) in [4.78, 5) is 26.0. The highest BCUT2D eigenvalue weighted by Gasteiger charge is 2.22. The summed E-state index contributed by atoms with van der Waals surface area (Å²) in [6.45, 7) is 0.412. The molecule has 1 aliphatic rings. The number of benzene rings is 1. The molecule has 0 saturated carbocycles. The number of nitrogens with one attached hydrogen (secondary N) is 1. The molecule has 5 nitrogen and oxygen atoms in total. The SMILES string of the molecule is NCC1CCc2cccc3c(=O)[nH]c(=O)n1c23. The number of nitrogens with two attached hydrogens (primary N) is 1. The van der Waals surface area contributed by atoms with Gasteiger partial charge >= 0.3 is 5.69 Å². The van der Waals surface area contributed by atoms with Gasteiger partial charge in [0.15, 0.2) is 0 Å². The van der Waals surface area contributed by atoms with Gasteiger partial charge in [-0.15, -0.1) is 0 Å². The smallest absolute Gasteiger partial charge is 0.328 e. The number of hydrogen-bond donors (Lipinski definition) is 2. The standard InChI is InChI=1S/C12H13N3O2/c13-6-8-5-4-7-2-1-3-9-10(7)15(8)12(17)14-11(9)16/h1-3,8H,4-6,13H2,(H,14,16,17). The van der Waals surface area contributed by atoms with Crippen LogP contribution in [0.1, 0.15) is 18.0 Å². The molecular formula is C12H13N3O2. The van der Waals surface area contributed by atoms with E-state index in [0.29, 0.717) is 11.9 Å². The van der Waals surface area contributed by atoms with Crippen molar-refractivity contribution in [2.75, 3.05) is 6.54 Å². The van der Waals surface area contributed by atoms with Crippen LogP contribution in [0.2, 0.25) is 0 Å². The summed E-state index contributed by atoms with van der Waals surface area (Å²) in [5, 5.41) is 0.570. The van der Waals surface area contributed by atoms with Crippen molar-refractivity contribution in [1.29, 1.82) is 0 Å². The monoisotopic (exact) mass is 231 g/mol. The lowest BCUT2D eigenvalue weighted by molar-refractivity contribution is 0.452. The largest absolute Gasteiger partial charge is 0.329 e. The zero-order valence-corrected chi connectivity index (χ0v) is 9.27. The van der Waals surface area contributed by atoms with E-state index >= 15 is 0 Å². The molecule has 88 valence electrons. The Morgan fingerprint density at radius 2 is 2.24 bits per heavy atom. The number of para-hydroxylation sites is 1. The summed E-state index contributed by atoms with van der Waals surface area (Å²) in [5.41, 5.74) is 6.82. The highest BCUT2D eigenvalue weighted by Crippen LogP contribution is 2.26. The molecule has 1 aromatic heterocycles. The van der Waals surface area contributed by atoms with Crippen LogP contribution >= 0.6 is 0 Å². The number of rotatable bonds is 1. The Balaban J connectivity index is 2.54. The Morgan fingerprint density at radius 3 is 3.00 bits per heavy atom. The van der Waals surface area contributed by atoms with Gasteiger partial charge in [-0.3, -0.25) is 14.3 Å². The highest BCUT2D eigenvalue weighted by atomic mass is 16.2. The quantitative estimate of drug-likeness (QED) is 0.732. The molecule has 0 fully saturated rings. The minimum atomic E-state index is -0.356. The van der Waals surface area contributed by atoms with Crippen molar-refractivity contribution in [3.8, 4) is 0 Å². The van der Waals surface area contributed by atoms with Crippen LogP contribution in [0.4, 0.5) is 0 Å². The van der Waals surface area contributed by atoms with Gasteiger partial charge in [-0.2, -0.15) is 0 Å². The van der Waals surface area contributed by atoms with E-state index in [1.165, 1.54) is 0 Å². The van der Waals surface area contributed by atoms with Gasteiger partial charge < -0.3 is 5.73 Å². The van der Waals surface area contributed by atoms with Gasteiger partial charge in [0.2, 0.25) is 0 Å². The third kappa shape index (κ3) is 1.36. The molecule has 17 heavy (non-hydrogen) atoms. The van der Waals surface area contributed by atoms with Crippen molar-refractivity contribution in [2.45, 2.75) is 18.9 Å². The lowest BCUT2D eigenvalue weighted by atomic mass is 9.97. The van der Waals surface area contributed by atoms with E-state index in [2.05, 4.69) is 4.98 Å². The lowest BCUT2D eigenvalue weighted by Crippen LogP contribution is -2.38. The van der Waals surface area contributed by atoms with Gasteiger partial charge in [-0.1, -0.05) is 12.1 Å². The minimum absolute atomic E-state index is 0.0169. The Bertz CT molecular complexity index is 699. The topological polar surface area (TPSA) is 80.9 Å². The fourth-order valence-corrected chi connectivity index (χ4v) is 2.61. The summed E-state index contributed by atoms with van der Waals surface area (Å²) in [6.07, 6.45) is 1.71. The van der Waals surface area contributed by atoms with Gasteiger partial charge in [0.25, 0.3) is 5.56 Å². The fourth-order valence-electron chi connectivity index (χ4n) is 2.61. The average molecular weight is 231 g/mol. The highest BCUT2D eigenvalue weighted by molar-refractivity contribution is 5.82. The van der Waals surface area contributed by atoms with E-state index in [0.717, 1.165) is 23.9 Å².